The number of fused-ring (bicyclic) bond motifs is 6. The van der Waals surface area contributed by atoms with Gasteiger partial charge in [0.25, 0.3) is 0 Å². The third-order valence-corrected chi connectivity index (χ3v) is 14.8. The Balaban J connectivity index is 1.09. The number of aliphatic carboxylic acids is 1. The molecule has 0 amide bonds. The molecule has 1 aromatic heterocycles. The van der Waals surface area contributed by atoms with Crippen molar-refractivity contribution < 1.29 is 30.0 Å². The maximum Gasteiger partial charge on any atom is 0.303 e. The number of benzene rings is 2. The quantitative estimate of drug-likeness (QED) is 0.119. The van der Waals surface area contributed by atoms with Crippen molar-refractivity contribution >= 4 is 28.3 Å². The molecule has 282 valence electrons. The Morgan fingerprint density at radius 3 is 2.51 bits per heavy atom. The van der Waals surface area contributed by atoms with Gasteiger partial charge >= 0.3 is 5.97 Å². The van der Waals surface area contributed by atoms with Gasteiger partial charge in [-0.25, -0.2) is 0 Å². The topological polar surface area (TPSA) is 140 Å². The number of aliphatic hydroxyl groups is 3. The molecule has 0 saturated heterocycles. The molecule has 5 N–H and O–H groups in total. The Bertz CT molecular complexity index is 1970. The molecule has 7 unspecified atom stereocenters. The molecular weight excluding hydrogens is 665 g/mol. The molecule has 8 nitrogen and oxygen atoms in total. The Morgan fingerprint density at radius 1 is 1.02 bits per heavy atom. The smallest absolute Gasteiger partial charge is 0.303 e. The second kappa shape index (κ2) is 14.1. The van der Waals surface area contributed by atoms with E-state index in [9.17, 15) is 30.0 Å². The zero-order chi connectivity index (χ0) is 37.9. The molecule has 4 saturated carbocycles. The van der Waals surface area contributed by atoms with Crippen molar-refractivity contribution in [2.45, 2.75) is 117 Å². The number of anilines is 1. The molecular formula is C45H56N2O6. The number of hydrogen-bond donors (Lipinski definition) is 5. The van der Waals surface area contributed by atoms with Gasteiger partial charge in [-0.15, -0.1) is 0 Å². The number of para-hydroxylation sites is 1. The number of ketones is 1. The Hall–Kier alpha value is -3.77. The van der Waals surface area contributed by atoms with Crippen LogP contribution in [0.25, 0.3) is 10.9 Å². The monoisotopic (exact) mass is 720 g/mol. The normalized spacial score (nSPS) is 35.3. The summed E-state index contributed by atoms with van der Waals surface area (Å²) >= 11 is 0. The number of carboxylic acid groups (broad SMARTS) is 1. The fourth-order valence-electron chi connectivity index (χ4n) is 11.9. The summed E-state index contributed by atoms with van der Waals surface area (Å²) in [6.07, 6.45) is 4.66. The zero-order valence-corrected chi connectivity index (χ0v) is 31.9. The van der Waals surface area contributed by atoms with Crippen LogP contribution in [-0.2, 0) is 11.3 Å². The van der Waals surface area contributed by atoms with Gasteiger partial charge in [0.05, 0.1) is 34.7 Å². The third kappa shape index (κ3) is 6.57. The van der Waals surface area contributed by atoms with Crippen LogP contribution in [0.4, 0.5) is 5.69 Å². The van der Waals surface area contributed by atoms with Crippen molar-refractivity contribution in [1.29, 1.82) is 0 Å². The number of nitrogens with zero attached hydrogens (tertiary/aromatic N) is 1. The summed E-state index contributed by atoms with van der Waals surface area (Å²) in [5, 5.41) is 49.6. The van der Waals surface area contributed by atoms with Gasteiger partial charge in [-0.1, -0.05) is 69.0 Å². The number of Topliss-reactive ketones (excluding diaryl/α,β-unsaturated/α-hetero) is 1. The van der Waals surface area contributed by atoms with Crippen LogP contribution in [0.1, 0.15) is 113 Å². The predicted molar refractivity (Wildman–Crippen MR) is 206 cm³/mol. The molecule has 4 aliphatic rings. The number of nitrogens with one attached hydrogen (secondary N) is 1. The van der Waals surface area contributed by atoms with Gasteiger partial charge in [0.1, 0.15) is 5.60 Å². The van der Waals surface area contributed by atoms with Crippen LogP contribution in [0.15, 0.2) is 48.5 Å². The van der Waals surface area contributed by atoms with Crippen LogP contribution in [-0.4, -0.2) is 55.0 Å². The van der Waals surface area contributed by atoms with E-state index in [4.69, 9.17) is 0 Å². The van der Waals surface area contributed by atoms with Crippen molar-refractivity contribution in [3.8, 4) is 11.8 Å². The first-order valence-corrected chi connectivity index (χ1v) is 19.7. The molecule has 0 bridgehead atoms. The van der Waals surface area contributed by atoms with E-state index < -0.39 is 23.8 Å². The number of aliphatic hydroxyl groups excluding tert-OH is 2. The minimum Gasteiger partial charge on any atom is -0.481 e. The van der Waals surface area contributed by atoms with Crippen molar-refractivity contribution in [1.82, 2.24) is 4.98 Å². The van der Waals surface area contributed by atoms with Crippen LogP contribution in [0.2, 0.25) is 0 Å². The number of carbonyl (C=O) groups excluding carboxylic acids is 1. The predicted octanol–water partition coefficient (Wildman–Crippen LogP) is 7.54. The van der Waals surface area contributed by atoms with E-state index in [2.05, 4.69) is 42.9 Å². The third-order valence-electron chi connectivity index (χ3n) is 14.8. The molecule has 2 aromatic carbocycles. The van der Waals surface area contributed by atoms with Gasteiger partial charge in [-0.3, -0.25) is 14.6 Å². The molecule has 53 heavy (non-hydrogen) atoms. The maximum absolute atomic E-state index is 12.7. The van der Waals surface area contributed by atoms with Crippen LogP contribution >= 0.6 is 0 Å². The molecule has 0 aliphatic heterocycles. The average molecular weight is 721 g/mol. The minimum atomic E-state index is -1.20. The van der Waals surface area contributed by atoms with E-state index in [1.165, 1.54) is 0 Å². The summed E-state index contributed by atoms with van der Waals surface area (Å²) in [6.45, 7) is 10.5. The summed E-state index contributed by atoms with van der Waals surface area (Å²) in [7, 11) is 0. The first-order chi connectivity index (χ1) is 25.2. The average Bonchev–Trinajstić information content (AvgIpc) is 3.48. The van der Waals surface area contributed by atoms with Crippen molar-refractivity contribution in [3.05, 3.63) is 70.9 Å². The minimum absolute atomic E-state index is 0.0474. The zero-order valence-electron chi connectivity index (χ0n) is 31.9. The molecule has 11 atom stereocenters. The van der Waals surface area contributed by atoms with E-state index in [1.807, 2.05) is 55.5 Å². The molecule has 1 heterocycles. The lowest BCUT2D eigenvalue weighted by atomic mass is 9.42. The summed E-state index contributed by atoms with van der Waals surface area (Å²) < 4.78 is 0. The van der Waals surface area contributed by atoms with E-state index in [0.29, 0.717) is 49.9 Å². The molecule has 0 radical (unpaired) electrons. The van der Waals surface area contributed by atoms with Crippen LogP contribution in [0.3, 0.4) is 0 Å². The van der Waals surface area contributed by atoms with Crippen LogP contribution in [0, 0.1) is 65.1 Å². The van der Waals surface area contributed by atoms with Gasteiger partial charge in [-0.05, 0) is 129 Å². The van der Waals surface area contributed by atoms with E-state index in [0.717, 1.165) is 47.0 Å². The van der Waals surface area contributed by atoms with Gasteiger partial charge in [0, 0.05) is 23.9 Å². The fraction of sp³-hybridized carbons (Fsp3) is 0.578. The highest BCUT2D eigenvalue weighted by molar-refractivity contribution is 6.08. The first-order valence-electron chi connectivity index (χ1n) is 19.7. The number of aromatic nitrogens is 1. The van der Waals surface area contributed by atoms with Gasteiger partial charge < -0.3 is 25.7 Å². The number of aryl methyl sites for hydroxylation is 1. The lowest BCUT2D eigenvalue weighted by Gasteiger charge is -2.64. The largest absolute Gasteiger partial charge is 0.481 e. The summed E-state index contributed by atoms with van der Waals surface area (Å²) in [5.74, 6) is 6.72. The number of pyridine rings is 1. The Morgan fingerprint density at radius 2 is 1.75 bits per heavy atom. The number of carboxylic acids is 1. The molecule has 3 aromatic rings. The Labute approximate surface area is 313 Å². The first kappa shape index (κ1) is 37.5. The highest BCUT2D eigenvalue weighted by Crippen LogP contribution is 2.69. The standard InChI is InChI=1S/C45H56N2O6/c1-26(14-17-39(51)52)33-15-16-34-41-35(23-38(50)44(33,34)5)43(4)20-21-45(53,24-31(43)22-37(41)49)19-18-29-10-6-7-11-30(29)25-46-42-32-12-8-9-13-36(32)47-27(2)40(42)28(3)48/h6-13,26,31,33-35,37-38,41,49-50,53H,14-17,20-25H2,1-5H3,(H,46,47)(H,51,52)/t26-,31?,33-,34?,35?,37?,38?,41?,43+,44-,45?/m1/s1. The molecule has 4 aliphatic carbocycles. The molecule has 4 fully saturated rings. The van der Waals surface area contributed by atoms with Crippen molar-refractivity contribution in [2.24, 2.45) is 46.3 Å². The lowest BCUT2D eigenvalue weighted by molar-refractivity contribution is -0.211. The lowest BCUT2D eigenvalue weighted by Crippen LogP contribution is -2.63. The van der Waals surface area contributed by atoms with Gasteiger partial charge in [0.15, 0.2) is 5.78 Å². The summed E-state index contributed by atoms with van der Waals surface area (Å²) in [6, 6.07) is 15.7. The van der Waals surface area contributed by atoms with Crippen molar-refractivity contribution in [2.75, 3.05) is 5.32 Å². The van der Waals surface area contributed by atoms with E-state index in [-0.39, 0.29) is 58.5 Å². The summed E-state index contributed by atoms with van der Waals surface area (Å²) in [4.78, 5) is 28.7. The van der Waals surface area contributed by atoms with E-state index in [1.54, 1.807) is 6.92 Å². The summed E-state index contributed by atoms with van der Waals surface area (Å²) in [5.41, 5.74) is 2.95. The highest BCUT2D eigenvalue weighted by atomic mass is 16.4. The SMILES string of the molecule is CC(=O)c1c(C)nc2ccccc2c1NCc1ccccc1C#CC1(O)CC[C@@]2(C)C(CC(O)C3C2CC(O)[C@@]2(C)C3CC[C@@H]2[C@H](C)CCC(=O)O)C1. The molecule has 0 spiro atoms. The van der Waals surface area contributed by atoms with Crippen LogP contribution in [0.5, 0.6) is 0 Å². The molecule has 8 heteroatoms. The fourth-order valence-corrected chi connectivity index (χ4v) is 11.9. The highest BCUT2D eigenvalue weighted by Gasteiger charge is 2.66. The second-order valence-electron chi connectivity index (χ2n) is 17.5. The van der Waals surface area contributed by atoms with E-state index >= 15 is 0 Å². The molecule has 7 rings (SSSR count). The second-order valence-corrected chi connectivity index (χ2v) is 17.5. The number of hydrogen-bond acceptors (Lipinski definition) is 7. The van der Waals surface area contributed by atoms with Crippen LogP contribution < -0.4 is 5.32 Å². The number of rotatable bonds is 8. The van der Waals surface area contributed by atoms with Gasteiger partial charge in [0.2, 0.25) is 0 Å². The number of carbonyl (C=O) groups is 2. The van der Waals surface area contributed by atoms with Gasteiger partial charge in [-0.2, -0.15) is 0 Å². The van der Waals surface area contributed by atoms with Crippen molar-refractivity contribution in [3.63, 3.8) is 0 Å². The maximum atomic E-state index is 12.7. The Kier molecular flexibility index (Phi) is 10.0.